The van der Waals surface area contributed by atoms with Gasteiger partial charge in [0.15, 0.2) is 0 Å². The Morgan fingerprint density at radius 2 is 1.35 bits per heavy atom. The molecule has 3 heteroatoms. The standard InChI is InChI=1S/C17H32O3/c1-4-6-8-10-12-14(3)16(18)15(17(19)20)13-11-9-7-5-2/h14-15H,4-13H2,1-3H3,(H,19,20). The number of rotatable bonds is 13. The molecule has 0 rings (SSSR count). The number of Topliss-reactive ketones (excluding diaryl/α,β-unsaturated/α-hetero) is 1. The summed E-state index contributed by atoms with van der Waals surface area (Å²) in [4.78, 5) is 23.5. The lowest BCUT2D eigenvalue weighted by Gasteiger charge is -2.16. The molecule has 0 aliphatic rings. The Morgan fingerprint density at radius 1 is 0.850 bits per heavy atom. The largest absolute Gasteiger partial charge is 0.481 e. The van der Waals surface area contributed by atoms with Crippen molar-refractivity contribution in [3.8, 4) is 0 Å². The smallest absolute Gasteiger partial charge is 0.314 e. The van der Waals surface area contributed by atoms with E-state index in [1.165, 1.54) is 12.8 Å². The van der Waals surface area contributed by atoms with Gasteiger partial charge in [0.2, 0.25) is 0 Å². The monoisotopic (exact) mass is 284 g/mol. The summed E-state index contributed by atoms with van der Waals surface area (Å²) in [5.74, 6) is -1.90. The van der Waals surface area contributed by atoms with Crippen LogP contribution in [0, 0.1) is 11.8 Å². The number of carboxylic acids is 1. The van der Waals surface area contributed by atoms with E-state index in [2.05, 4.69) is 13.8 Å². The first kappa shape index (κ1) is 19.1. The highest BCUT2D eigenvalue weighted by Gasteiger charge is 2.29. The zero-order valence-electron chi connectivity index (χ0n) is 13.5. The van der Waals surface area contributed by atoms with Crippen molar-refractivity contribution in [2.45, 2.75) is 85.0 Å². The molecule has 0 bridgehead atoms. The summed E-state index contributed by atoms with van der Waals surface area (Å²) in [6, 6.07) is 0. The number of carbonyl (C=O) groups is 2. The predicted molar refractivity (Wildman–Crippen MR) is 82.8 cm³/mol. The van der Waals surface area contributed by atoms with Gasteiger partial charge in [-0.25, -0.2) is 0 Å². The van der Waals surface area contributed by atoms with Crippen molar-refractivity contribution >= 4 is 11.8 Å². The summed E-state index contributed by atoms with van der Waals surface area (Å²) in [5, 5.41) is 9.24. The Bertz CT molecular complexity index is 273. The molecule has 0 amide bonds. The lowest BCUT2D eigenvalue weighted by molar-refractivity contribution is -0.147. The molecule has 0 radical (unpaired) electrons. The molecule has 0 saturated heterocycles. The third-order valence-electron chi connectivity index (χ3n) is 3.96. The fourth-order valence-electron chi connectivity index (χ4n) is 2.53. The topological polar surface area (TPSA) is 54.4 Å². The minimum absolute atomic E-state index is 0.0644. The Balaban J connectivity index is 4.15. The highest BCUT2D eigenvalue weighted by atomic mass is 16.4. The van der Waals surface area contributed by atoms with Crippen molar-refractivity contribution in [2.24, 2.45) is 11.8 Å². The average Bonchev–Trinajstić information content (AvgIpc) is 2.42. The molecule has 0 aromatic rings. The van der Waals surface area contributed by atoms with E-state index in [4.69, 9.17) is 0 Å². The maximum atomic E-state index is 12.2. The molecule has 3 nitrogen and oxygen atoms in total. The first-order valence-electron chi connectivity index (χ1n) is 8.31. The maximum absolute atomic E-state index is 12.2. The summed E-state index contributed by atoms with van der Waals surface area (Å²) in [7, 11) is 0. The number of unbranched alkanes of at least 4 members (excludes halogenated alkanes) is 6. The molecule has 0 spiro atoms. The normalized spacial score (nSPS) is 13.9. The van der Waals surface area contributed by atoms with Crippen LogP contribution in [-0.4, -0.2) is 16.9 Å². The van der Waals surface area contributed by atoms with Crippen LogP contribution >= 0.6 is 0 Å². The number of carbonyl (C=O) groups excluding carboxylic acids is 1. The van der Waals surface area contributed by atoms with Crippen LogP contribution in [0.15, 0.2) is 0 Å². The summed E-state index contributed by atoms with van der Waals surface area (Å²) < 4.78 is 0. The maximum Gasteiger partial charge on any atom is 0.314 e. The Morgan fingerprint density at radius 3 is 1.80 bits per heavy atom. The van der Waals surface area contributed by atoms with Gasteiger partial charge in [-0.1, -0.05) is 72.1 Å². The first-order valence-corrected chi connectivity index (χ1v) is 8.31. The molecule has 0 fully saturated rings. The van der Waals surface area contributed by atoms with Gasteiger partial charge in [-0.3, -0.25) is 9.59 Å². The third-order valence-corrected chi connectivity index (χ3v) is 3.96. The predicted octanol–water partition coefficient (Wildman–Crippen LogP) is 4.83. The number of carboxylic acid groups (broad SMARTS) is 1. The fourth-order valence-corrected chi connectivity index (χ4v) is 2.53. The van der Waals surface area contributed by atoms with E-state index in [-0.39, 0.29) is 11.7 Å². The molecular weight excluding hydrogens is 252 g/mol. The van der Waals surface area contributed by atoms with Crippen LogP contribution < -0.4 is 0 Å². The number of aliphatic carboxylic acids is 1. The SMILES string of the molecule is CCCCCCC(C)C(=O)C(CCCCCC)C(=O)O. The van der Waals surface area contributed by atoms with Gasteiger partial charge in [-0.2, -0.15) is 0 Å². The van der Waals surface area contributed by atoms with Gasteiger partial charge >= 0.3 is 5.97 Å². The van der Waals surface area contributed by atoms with Crippen molar-refractivity contribution in [1.29, 1.82) is 0 Å². The van der Waals surface area contributed by atoms with E-state index in [9.17, 15) is 14.7 Å². The van der Waals surface area contributed by atoms with Gasteiger partial charge in [0.1, 0.15) is 11.7 Å². The van der Waals surface area contributed by atoms with Crippen LogP contribution in [0.2, 0.25) is 0 Å². The third kappa shape index (κ3) is 8.34. The minimum Gasteiger partial charge on any atom is -0.481 e. The molecule has 2 atom stereocenters. The van der Waals surface area contributed by atoms with Crippen LogP contribution in [0.5, 0.6) is 0 Å². The fraction of sp³-hybridized carbons (Fsp3) is 0.882. The first-order chi connectivity index (χ1) is 9.54. The molecule has 0 aromatic carbocycles. The highest BCUT2D eigenvalue weighted by Crippen LogP contribution is 2.20. The van der Waals surface area contributed by atoms with Crippen molar-refractivity contribution < 1.29 is 14.7 Å². The summed E-state index contributed by atoms with van der Waals surface area (Å²) in [5.41, 5.74) is 0. The zero-order chi connectivity index (χ0) is 15.4. The second kappa shape index (κ2) is 11.9. The van der Waals surface area contributed by atoms with E-state index >= 15 is 0 Å². The molecular formula is C17H32O3. The van der Waals surface area contributed by atoms with E-state index in [0.29, 0.717) is 6.42 Å². The number of ketones is 1. The van der Waals surface area contributed by atoms with Crippen LogP contribution in [0.4, 0.5) is 0 Å². The molecule has 20 heavy (non-hydrogen) atoms. The van der Waals surface area contributed by atoms with E-state index in [1.54, 1.807) is 0 Å². The van der Waals surface area contributed by atoms with Gasteiger partial charge in [0.25, 0.3) is 0 Å². The molecule has 0 saturated carbocycles. The Hall–Kier alpha value is -0.860. The lowest BCUT2D eigenvalue weighted by Crippen LogP contribution is -2.28. The van der Waals surface area contributed by atoms with E-state index < -0.39 is 11.9 Å². The summed E-state index contributed by atoms with van der Waals surface area (Å²) >= 11 is 0. The van der Waals surface area contributed by atoms with Crippen LogP contribution in [-0.2, 0) is 9.59 Å². The molecule has 0 aliphatic heterocycles. The highest BCUT2D eigenvalue weighted by molar-refractivity contribution is 5.99. The van der Waals surface area contributed by atoms with Gasteiger partial charge < -0.3 is 5.11 Å². The molecule has 118 valence electrons. The lowest BCUT2D eigenvalue weighted by atomic mass is 9.87. The Kier molecular flexibility index (Phi) is 11.4. The van der Waals surface area contributed by atoms with Crippen molar-refractivity contribution in [2.75, 3.05) is 0 Å². The quantitative estimate of drug-likeness (QED) is 0.389. The van der Waals surface area contributed by atoms with Crippen molar-refractivity contribution in [3.05, 3.63) is 0 Å². The second-order valence-corrected chi connectivity index (χ2v) is 5.89. The number of hydrogen-bond donors (Lipinski definition) is 1. The molecule has 0 heterocycles. The van der Waals surface area contributed by atoms with Gasteiger partial charge in [0.05, 0.1) is 0 Å². The summed E-state index contributed by atoms with van der Waals surface area (Å²) in [6.45, 7) is 6.17. The second-order valence-electron chi connectivity index (χ2n) is 5.89. The van der Waals surface area contributed by atoms with Gasteiger partial charge in [-0.05, 0) is 12.8 Å². The van der Waals surface area contributed by atoms with E-state index in [0.717, 1.165) is 44.9 Å². The van der Waals surface area contributed by atoms with Crippen LogP contribution in [0.1, 0.15) is 85.0 Å². The van der Waals surface area contributed by atoms with Crippen molar-refractivity contribution in [3.63, 3.8) is 0 Å². The average molecular weight is 284 g/mol. The zero-order valence-corrected chi connectivity index (χ0v) is 13.5. The number of hydrogen-bond acceptors (Lipinski definition) is 2. The molecule has 2 unspecified atom stereocenters. The molecule has 1 N–H and O–H groups in total. The molecule has 0 aromatic heterocycles. The molecule has 0 aliphatic carbocycles. The minimum atomic E-state index is -0.938. The van der Waals surface area contributed by atoms with E-state index in [1.807, 2.05) is 6.92 Å². The Labute approximate surface area is 124 Å². The summed E-state index contributed by atoms with van der Waals surface area (Å²) in [6.07, 6.45) is 10.00. The van der Waals surface area contributed by atoms with Crippen LogP contribution in [0.3, 0.4) is 0 Å². The van der Waals surface area contributed by atoms with Gasteiger partial charge in [0, 0.05) is 5.92 Å². The van der Waals surface area contributed by atoms with Crippen LogP contribution in [0.25, 0.3) is 0 Å². The van der Waals surface area contributed by atoms with Gasteiger partial charge in [-0.15, -0.1) is 0 Å². The van der Waals surface area contributed by atoms with Crippen molar-refractivity contribution in [1.82, 2.24) is 0 Å².